The topological polar surface area (TPSA) is 112 Å². The highest BCUT2D eigenvalue weighted by Gasteiger charge is 2.26. The Morgan fingerprint density at radius 3 is 2.50 bits per heavy atom. The molecule has 0 unspecified atom stereocenters. The summed E-state index contributed by atoms with van der Waals surface area (Å²) in [5.41, 5.74) is 17.1. The Balaban J connectivity index is 1.62. The Morgan fingerprint density at radius 1 is 1.09 bits per heavy atom. The molecule has 3 aromatic rings. The van der Waals surface area contributed by atoms with Gasteiger partial charge >= 0.3 is 0 Å². The SMILES string of the molecule is Cc1nn(C2=CC(N)=Nc3c(c(-c4ccc(F)cc4)nn3CC3CC3)CC=N2)c(C)c1N. The summed E-state index contributed by atoms with van der Waals surface area (Å²) in [5.74, 6) is 1.87. The number of amidine groups is 1. The second-order valence-corrected chi connectivity index (χ2v) is 8.33. The van der Waals surface area contributed by atoms with Crippen molar-refractivity contribution in [2.24, 2.45) is 21.6 Å². The lowest BCUT2D eigenvalue weighted by Crippen LogP contribution is -2.12. The highest BCUT2D eigenvalue weighted by atomic mass is 19.1. The van der Waals surface area contributed by atoms with Crippen molar-refractivity contribution >= 4 is 29.4 Å². The number of hydrogen-bond donors (Lipinski definition) is 2. The minimum atomic E-state index is -0.285. The average molecular weight is 433 g/mol. The van der Waals surface area contributed by atoms with Crippen LogP contribution in [0.3, 0.4) is 0 Å². The van der Waals surface area contributed by atoms with Crippen LogP contribution in [0.2, 0.25) is 0 Å². The molecule has 0 bridgehead atoms. The molecule has 1 aromatic carbocycles. The summed E-state index contributed by atoms with van der Waals surface area (Å²) in [7, 11) is 0. The third-order valence-electron chi connectivity index (χ3n) is 5.86. The van der Waals surface area contributed by atoms with Crippen molar-refractivity contribution in [2.45, 2.75) is 39.7 Å². The molecule has 2 aliphatic rings. The molecule has 1 aliphatic heterocycles. The minimum absolute atomic E-state index is 0.285. The summed E-state index contributed by atoms with van der Waals surface area (Å²) in [6, 6.07) is 6.35. The molecular formula is C23H25FN8. The van der Waals surface area contributed by atoms with Crippen molar-refractivity contribution in [2.75, 3.05) is 5.73 Å². The van der Waals surface area contributed by atoms with Gasteiger partial charge in [-0.15, -0.1) is 0 Å². The second kappa shape index (κ2) is 7.74. The number of fused-ring (bicyclic) bond motifs is 1. The first-order valence-electron chi connectivity index (χ1n) is 10.7. The first-order valence-corrected chi connectivity index (χ1v) is 10.7. The van der Waals surface area contributed by atoms with E-state index in [1.54, 1.807) is 22.9 Å². The van der Waals surface area contributed by atoms with Gasteiger partial charge in [0.25, 0.3) is 0 Å². The molecule has 8 nitrogen and oxygen atoms in total. The van der Waals surface area contributed by atoms with Gasteiger partial charge in [-0.1, -0.05) is 0 Å². The molecule has 32 heavy (non-hydrogen) atoms. The summed E-state index contributed by atoms with van der Waals surface area (Å²) < 4.78 is 17.1. The van der Waals surface area contributed by atoms with Crippen LogP contribution in [0.5, 0.6) is 0 Å². The smallest absolute Gasteiger partial charge is 0.157 e. The van der Waals surface area contributed by atoms with Gasteiger partial charge in [0.1, 0.15) is 11.7 Å². The lowest BCUT2D eigenvalue weighted by molar-refractivity contribution is 0.568. The maximum absolute atomic E-state index is 13.5. The Bertz CT molecular complexity index is 1270. The van der Waals surface area contributed by atoms with Crippen LogP contribution in [0.25, 0.3) is 17.1 Å². The van der Waals surface area contributed by atoms with Crippen LogP contribution in [-0.4, -0.2) is 31.6 Å². The van der Waals surface area contributed by atoms with Gasteiger partial charge in [0.15, 0.2) is 11.6 Å². The van der Waals surface area contributed by atoms with Crippen molar-refractivity contribution in [1.29, 1.82) is 0 Å². The quantitative estimate of drug-likeness (QED) is 0.656. The number of rotatable bonds is 4. The average Bonchev–Trinajstić information content (AvgIpc) is 3.46. The van der Waals surface area contributed by atoms with Crippen LogP contribution in [-0.2, 0) is 13.0 Å². The van der Waals surface area contributed by atoms with E-state index >= 15 is 0 Å². The zero-order valence-electron chi connectivity index (χ0n) is 18.1. The maximum atomic E-state index is 13.5. The number of hydrogen-bond acceptors (Lipinski definition) is 6. The van der Waals surface area contributed by atoms with Crippen LogP contribution in [0.15, 0.2) is 40.3 Å². The molecule has 9 heteroatoms. The molecule has 0 amide bonds. The standard InChI is InChI=1S/C23H25FN8/c1-13-21(26)14(2)32(29-13)20-11-19(25)28-23-18(9-10-27-20)22(16-5-7-17(24)8-6-16)30-31(23)12-15-3-4-15/h5-8,10-11,15H,3-4,9,12,26H2,1-2H3,(H2,25,28). The van der Waals surface area contributed by atoms with E-state index in [1.165, 1.54) is 25.0 Å². The molecule has 164 valence electrons. The number of halogens is 1. The number of nitrogens with zero attached hydrogens (tertiary/aromatic N) is 6. The van der Waals surface area contributed by atoms with Crippen LogP contribution < -0.4 is 11.5 Å². The van der Waals surface area contributed by atoms with E-state index in [2.05, 4.69) is 10.1 Å². The molecule has 3 heterocycles. The van der Waals surface area contributed by atoms with Gasteiger partial charge in [-0.05, 0) is 56.9 Å². The monoisotopic (exact) mass is 432 g/mol. The van der Waals surface area contributed by atoms with E-state index in [0.717, 1.165) is 34.8 Å². The molecule has 0 radical (unpaired) electrons. The van der Waals surface area contributed by atoms with Gasteiger partial charge in [-0.2, -0.15) is 10.2 Å². The fraction of sp³-hybridized carbons (Fsp3) is 0.304. The summed E-state index contributed by atoms with van der Waals surface area (Å²) in [5, 5.41) is 9.33. The zero-order chi connectivity index (χ0) is 22.4. The predicted molar refractivity (Wildman–Crippen MR) is 124 cm³/mol. The number of aliphatic imine (C=N–C) groups is 2. The van der Waals surface area contributed by atoms with Gasteiger partial charge in [0.2, 0.25) is 0 Å². The van der Waals surface area contributed by atoms with E-state index < -0.39 is 0 Å². The number of benzene rings is 1. The summed E-state index contributed by atoms with van der Waals surface area (Å²) in [6.45, 7) is 4.52. The van der Waals surface area contributed by atoms with Crippen LogP contribution in [0.4, 0.5) is 15.9 Å². The van der Waals surface area contributed by atoms with Gasteiger partial charge < -0.3 is 11.5 Å². The predicted octanol–water partition coefficient (Wildman–Crippen LogP) is 3.61. The molecule has 0 saturated heterocycles. The van der Waals surface area contributed by atoms with Crippen LogP contribution in [0, 0.1) is 25.6 Å². The third kappa shape index (κ3) is 3.70. The Labute approximate surface area is 185 Å². The molecule has 1 aliphatic carbocycles. The summed E-state index contributed by atoms with van der Waals surface area (Å²) >= 11 is 0. The lowest BCUT2D eigenvalue weighted by Gasteiger charge is -2.05. The van der Waals surface area contributed by atoms with Crippen molar-refractivity contribution in [3.05, 3.63) is 53.1 Å². The lowest BCUT2D eigenvalue weighted by atomic mass is 10.1. The third-order valence-corrected chi connectivity index (χ3v) is 5.86. The number of nitrogen functional groups attached to an aromatic ring is 1. The van der Waals surface area contributed by atoms with Gasteiger partial charge in [0, 0.05) is 36.4 Å². The minimum Gasteiger partial charge on any atom is -0.396 e. The van der Waals surface area contributed by atoms with Gasteiger partial charge in [-0.25, -0.2) is 23.7 Å². The Hall–Kier alpha value is -3.75. The summed E-state index contributed by atoms with van der Waals surface area (Å²) in [4.78, 5) is 9.36. The van der Waals surface area contributed by atoms with Crippen LogP contribution >= 0.6 is 0 Å². The fourth-order valence-corrected chi connectivity index (χ4v) is 3.86. The first kappa shape index (κ1) is 20.2. The molecular weight excluding hydrogens is 407 g/mol. The molecule has 4 N–H and O–H groups in total. The van der Waals surface area contributed by atoms with Gasteiger partial charge in [0.05, 0.1) is 22.8 Å². The number of aromatic nitrogens is 4. The molecule has 0 atom stereocenters. The van der Waals surface area contributed by atoms with E-state index in [9.17, 15) is 4.39 Å². The maximum Gasteiger partial charge on any atom is 0.157 e. The molecule has 2 aromatic heterocycles. The molecule has 5 rings (SSSR count). The van der Waals surface area contributed by atoms with E-state index in [0.29, 0.717) is 35.5 Å². The summed E-state index contributed by atoms with van der Waals surface area (Å²) in [6.07, 6.45) is 6.36. The van der Waals surface area contributed by atoms with Gasteiger partial charge in [-0.3, -0.25) is 0 Å². The van der Waals surface area contributed by atoms with Crippen molar-refractivity contribution in [3.63, 3.8) is 0 Å². The largest absolute Gasteiger partial charge is 0.396 e. The van der Waals surface area contributed by atoms with E-state index in [1.807, 2.05) is 24.7 Å². The Morgan fingerprint density at radius 2 is 1.84 bits per heavy atom. The second-order valence-electron chi connectivity index (χ2n) is 8.33. The van der Waals surface area contributed by atoms with E-state index in [-0.39, 0.29) is 5.82 Å². The number of anilines is 1. The molecule has 0 spiro atoms. The molecule has 1 fully saturated rings. The van der Waals surface area contributed by atoms with Crippen molar-refractivity contribution in [1.82, 2.24) is 19.6 Å². The van der Waals surface area contributed by atoms with E-state index in [4.69, 9.17) is 21.6 Å². The Kier molecular flexibility index (Phi) is 4.88. The zero-order valence-corrected chi connectivity index (χ0v) is 18.1. The fourth-order valence-electron chi connectivity index (χ4n) is 3.86. The highest BCUT2D eigenvalue weighted by Crippen LogP contribution is 2.36. The first-order chi connectivity index (χ1) is 15.4. The molecule has 1 saturated carbocycles. The highest BCUT2D eigenvalue weighted by molar-refractivity contribution is 5.99. The van der Waals surface area contributed by atoms with Crippen LogP contribution in [0.1, 0.15) is 29.8 Å². The van der Waals surface area contributed by atoms with Crippen molar-refractivity contribution < 1.29 is 4.39 Å². The van der Waals surface area contributed by atoms with Crippen molar-refractivity contribution in [3.8, 4) is 11.3 Å². The number of aryl methyl sites for hydroxylation is 1. The number of nitrogens with two attached hydrogens (primary N) is 2. The normalized spacial score (nSPS) is 16.1.